The highest BCUT2D eigenvalue weighted by Gasteiger charge is 2.09. The van der Waals surface area contributed by atoms with Crippen molar-refractivity contribution in [2.45, 2.75) is 13.8 Å². The van der Waals surface area contributed by atoms with E-state index in [1.807, 2.05) is 51.2 Å². The number of carbonyl (C=O) groups is 1. The van der Waals surface area contributed by atoms with E-state index in [2.05, 4.69) is 15.4 Å². The van der Waals surface area contributed by atoms with Gasteiger partial charge in [-0.1, -0.05) is 17.7 Å². The summed E-state index contributed by atoms with van der Waals surface area (Å²) in [5.41, 5.74) is 3.44. The Bertz CT molecular complexity index is 853. The van der Waals surface area contributed by atoms with E-state index in [-0.39, 0.29) is 12.5 Å². The molecule has 0 bridgehead atoms. The lowest BCUT2D eigenvalue weighted by molar-refractivity contribution is -0.118. The number of aromatic nitrogens is 3. The minimum atomic E-state index is -0.228. The highest BCUT2D eigenvalue weighted by Crippen LogP contribution is 2.19. The highest BCUT2D eigenvalue weighted by atomic mass is 16.5. The molecule has 0 aliphatic heterocycles. The fraction of sp³-hybridized carbons (Fsp3) is 0.235. The van der Waals surface area contributed by atoms with Crippen LogP contribution in [0.15, 0.2) is 36.5 Å². The molecule has 0 aliphatic carbocycles. The van der Waals surface area contributed by atoms with E-state index in [1.54, 1.807) is 10.9 Å². The Hall–Kier alpha value is -2.89. The Morgan fingerprint density at radius 2 is 2.00 bits per heavy atom. The number of pyridine rings is 1. The van der Waals surface area contributed by atoms with Crippen LogP contribution in [0.5, 0.6) is 5.75 Å². The van der Waals surface area contributed by atoms with Gasteiger partial charge in [0.25, 0.3) is 5.91 Å². The summed E-state index contributed by atoms with van der Waals surface area (Å²) in [7, 11) is 1.84. The van der Waals surface area contributed by atoms with Crippen molar-refractivity contribution in [2.75, 3.05) is 11.9 Å². The first kappa shape index (κ1) is 15.0. The smallest absolute Gasteiger partial charge is 0.262 e. The molecular weight excluding hydrogens is 292 g/mol. The number of hydrogen-bond acceptors (Lipinski definition) is 4. The van der Waals surface area contributed by atoms with Crippen molar-refractivity contribution >= 4 is 22.6 Å². The molecule has 118 valence electrons. The Labute approximate surface area is 134 Å². The first-order valence-corrected chi connectivity index (χ1v) is 7.31. The summed E-state index contributed by atoms with van der Waals surface area (Å²) >= 11 is 0. The molecule has 6 nitrogen and oxygen atoms in total. The molecule has 3 rings (SSSR count). The molecule has 0 spiro atoms. The molecule has 2 heterocycles. The van der Waals surface area contributed by atoms with Gasteiger partial charge in [0.05, 0.1) is 17.6 Å². The fourth-order valence-corrected chi connectivity index (χ4v) is 2.36. The molecule has 0 atom stereocenters. The SMILES string of the molecule is Cc1ccc(OCC(=O)Nc2cnc3c(c2)c(C)nn3C)cc1. The van der Waals surface area contributed by atoms with E-state index in [0.29, 0.717) is 11.4 Å². The highest BCUT2D eigenvalue weighted by molar-refractivity contribution is 5.94. The number of hydrogen-bond donors (Lipinski definition) is 1. The number of ether oxygens (including phenoxy) is 1. The quantitative estimate of drug-likeness (QED) is 0.804. The van der Waals surface area contributed by atoms with Crippen molar-refractivity contribution < 1.29 is 9.53 Å². The van der Waals surface area contributed by atoms with Crippen LogP contribution in [-0.4, -0.2) is 27.3 Å². The number of aryl methyl sites for hydroxylation is 3. The predicted octanol–water partition coefficient (Wildman–Crippen LogP) is 2.60. The van der Waals surface area contributed by atoms with Crippen LogP contribution in [0.2, 0.25) is 0 Å². The average molecular weight is 310 g/mol. The van der Waals surface area contributed by atoms with Gasteiger partial charge >= 0.3 is 0 Å². The van der Waals surface area contributed by atoms with E-state index in [1.165, 1.54) is 0 Å². The maximum absolute atomic E-state index is 12.0. The summed E-state index contributed by atoms with van der Waals surface area (Å²) in [5.74, 6) is 0.440. The molecule has 1 aromatic carbocycles. The molecule has 6 heteroatoms. The van der Waals surface area contributed by atoms with Crippen molar-refractivity contribution in [1.29, 1.82) is 0 Å². The van der Waals surface area contributed by atoms with Gasteiger partial charge in [-0.2, -0.15) is 5.10 Å². The van der Waals surface area contributed by atoms with Crippen LogP contribution in [0, 0.1) is 13.8 Å². The van der Waals surface area contributed by atoms with E-state index < -0.39 is 0 Å². The van der Waals surface area contributed by atoms with Crippen LogP contribution in [0.1, 0.15) is 11.3 Å². The van der Waals surface area contributed by atoms with Crippen LogP contribution in [0.4, 0.5) is 5.69 Å². The van der Waals surface area contributed by atoms with Crippen molar-refractivity contribution in [1.82, 2.24) is 14.8 Å². The van der Waals surface area contributed by atoms with Crippen LogP contribution in [-0.2, 0) is 11.8 Å². The lowest BCUT2D eigenvalue weighted by atomic mass is 10.2. The fourth-order valence-electron chi connectivity index (χ4n) is 2.36. The lowest BCUT2D eigenvalue weighted by Gasteiger charge is -2.07. The monoisotopic (exact) mass is 310 g/mol. The van der Waals surface area contributed by atoms with Gasteiger partial charge in [0.15, 0.2) is 12.3 Å². The second-order valence-electron chi connectivity index (χ2n) is 5.45. The van der Waals surface area contributed by atoms with E-state index in [0.717, 1.165) is 22.3 Å². The van der Waals surface area contributed by atoms with Crippen LogP contribution in [0.3, 0.4) is 0 Å². The summed E-state index contributed by atoms with van der Waals surface area (Å²) in [5, 5.41) is 8.02. The Morgan fingerprint density at radius 3 is 2.74 bits per heavy atom. The largest absolute Gasteiger partial charge is 0.484 e. The van der Waals surface area contributed by atoms with Crippen molar-refractivity contribution in [2.24, 2.45) is 7.05 Å². The average Bonchev–Trinajstić information content (AvgIpc) is 2.81. The molecule has 0 radical (unpaired) electrons. The van der Waals surface area contributed by atoms with Gasteiger partial charge in [-0.3, -0.25) is 9.48 Å². The molecular formula is C17H18N4O2. The standard InChI is InChI=1S/C17H18N4O2/c1-11-4-6-14(7-5-11)23-10-16(22)19-13-8-15-12(2)20-21(3)17(15)18-9-13/h4-9H,10H2,1-3H3,(H,19,22). The van der Waals surface area contributed by atoms with Gasteiger partial charge in [-0.15, -0.1) is 0 Å². The molecule has 3 aromatic rings. The molecule has 23 heavy (non-hydrogen) atoms. The van der Waals surface area contributed by atoms with Gasteiger partial charge in [-0.25, -0.2) is 4.98 Å². The summed E-state index contributed by atoms with van der Waals surface area (Å²) in [6, 6.07) is 9.44. The third-order valence-corrected chi connectivity index (χ3v) is 3.54. The third kappa shape index (κ3) is 3.31. The summed E-state index contributed by atoms with van der Waals surface area (Å²) < 4.78 is 7.18. The number of fused-ring (bicyclic) bond motifs is 1. The number of nitrogens with zero attached hydrogens (tertiary/aromatic N) is 3. The van der Waals surface area contributed by atoms with Gasteiger partial charge in [0, 0.05) is 12.4 Å². The number of rotatable bonds is 4. The molecule has 0 fully saturated rings. The van der Waals surface area contributed by atoms with Crippen LogP contribution < -0.4 is 10.1 Å². The maximum atomic E-state index is 12.0. The first-order valence-electron chi connectivity index (χ1n) is 7.31. The van der Waals surface area contributed by atoms with Gasteiger partial charge in [0.1, 0.15) is 5.75 Å². The number of anilines is 1. The van der Waals surface area contributed by atoms with Crippen molar-refractivity contribution in [3.63, 3.8) is 0 Å². The number of amides is 1. The molecule has 0 saturated carbocycles. The van der Waals surface area contributed by atoms with E-state index >= 15 is 0 Å². The molecule has 1 N–H and O–H groups in total. The van der Waals surface area contributed by atoms with E-state index in [4.69, 9.17) is 4.74 Å². The van der Waals surface area contributed by atoms with Crippen molar-refractivity contribution in [3.8, 4) is 5.75 Å². The summed E-state index contributed by atoms with van der Waals surface area (Å²) in [6.45, 7) is 3.86. The molecule has 0 unspecified atom stereocenters. The van der Waals surface area contributed by atoms with Crippen LogP contribution in [0.25, 0.3) is 11.0 Å². The number of carbonyl (C=O) groups excluding carboxylic acids is 1. The summed E-state index contributed by atoms with van der Waals surface area (Å²) in [6.07, 6.45) is 1.62. The van der Waals surface area contributed by atoms with Gasteiger partial charge in [0.2, 0.25) is 0 Å². The van der Waals surface area contributed by atoms with Crippen LogP contribution >= 0.6 is 0 Å². The second-order valence-corrected chi connectivity index (χ2v) is 5.45. The van der Waals surface area contributed by atoms with Gasteiger partial charge < -0.3 is 10.1 Å². The number of benzene rings is 1. The normalized spacial score (nSPS) is 10.7. The minimum absolute atomic E-state index is 0.0485. The van der Waals surface area contributed by atoms with Crippen molar-refractivity contribution in [3.05, 3.63) is 47.8 Å². The Kier molecular flexibility index (Phi) is 3.97. The molecule has 0 saturated heterocycles. The first-order chi connectivity index (χ1) is 11.0. The topological polar surface area (TPSA) is 69.0 Å². The molecule has 2 aromatic heterocycles. The molecule has 0 aliphatic rings. The lowest BCUT2D eigenvalue weighted by Crippen LogP contribution is -2.20. The predicted molar refractivity (Wildman–Crippen MR) is 88.5 cm³/mol. The summed E-state index contributed by atoms with van der Waals surface area (Å²) in [4.78, 5) is 16.3. The minimum Gasteiger partial charge on any atom is -0.484 e. The Morgan fingerprint density at radius 1 is 1.26 bits per heavy atom. The third-order valence-electron chi connectivity index (χ3n) is 3.54. The van der Waals surface area contributed by atoms with Gasteiger partial charge in [-0.05, 0) is 32.0 Å². The zero-order valence-electron chi connectivity index (χ0n) is 13.3. The zero-order valence-corrected chi connectivity index (χ0v) is 13.3. The van der Waals surface area contributed by atoms with E-state index in [9.17, 15) is 4.79 Å². The maximum Gasteiger partial charge on any atom is 0.262 e. The number of nitrogens with one attached hydrogen (secondary N) is 1. The zero-order chi connectivity index (χ0) is 16.4. The Balaban J connectivity index is 1.65. The second kappa shape index (κ2) is 6.08. The molecule has 1 amide bonds.